The van der Waals surface area contributed by atoms with Crippen LogP contribution in [0.1, 0.15) is 43.4 Å². The molecule has 0 atom stereocenters. The number of nitrogens with zero attached hydrogens (tertiary/aromatic N) is 4. The zero-order valence-corrected chi connectivity index (χ0v) is 16.6. The van der Waals surface area contributed by atoms with Gasteiger partial charge in [0, 0.05) is 18.1 Å². The number of H-pyrrole nitrogens is 1. The Morgan fingerprint density at radius 1 is 1.25 bits per heavy atom. The first kappa shape index (κ1) is 18.8. The molecule has 4 rings (SSSR count). The molecule has 0 amide bonds. The van der Waals surface area contributed by atoms with Crippen LogP contribution in [0, 0.1) is 6.92 Å². The zero-order chi connectivity index (χ0) is 19.3. The maximum Gasteiger partial charge on any atom is 0.317 e. The predicted molar refractivity (Wildman–Crippen MR) is 107 cm³/mol. The number of pyridine rings is 1. The molecule has 146 valence electrons. The van der Waals surface area contributed by atoms with E-state index < -0.39 is 0 Å². The summed E-state index contributed by atoms with van der Waals surface area (Å²) in [7, 11) is 0. The van der Waals surface area contributed by atoms with Gasteiger partial charge >= 0.3 is 6.01 Å². The quantitative estimate of drug-likeness (QED) is 0.685. The van der Waals surface area contributed by atoms with Crippen LogP contribution in [0.15, 0.2) is 35.6 Å². The minimum absolute atomic E-state index is 0.0333. The second-order valence-corrected chi connectivity index (χ2v) is 7.94. The van der Waals surface area contributed by atoms with Gasteiger partial charge in [0.2, 0.25) is 0 Å². The highest BCUT2D eigenvalue weighted by Crippen LogP contribution is 2.25. The van der Waals surface area contributed by atoms with E-state index in [0.29, 0.717) is 16.6 Å². The van der Waals surface area contributed by atoms with Crippen LogP contribution in [0.5, 0.6) is 6.01 Å². The molecule has 0 spiro atoms. The number of rotatable bonds is 5. The Bertz CT molecular complexity index is 1010. The van der Waals surface area contributed by atoms with Crippen LogP contribution in [-0.2, 0) is 6.61 Å². The summed E-state index contributed by atoms with van der Waals surface area (Å²) in [5.74, 6) is 0.552. The van der Waals surface area contributed by atoms with E-state index in [1.165, 1.54) is 30.6 Å². The number of thiazole rings is 1. The minimum atomic E-state index is -0.0333. The zero-order valence-electron chi connectivity index (χ0n) is 15.8. The molecular formula is C20H23N5O2S. The fraction of sp³-hybridized carbons (Fsp3) is 0.400. The predicted octanol–water partition coefficient (Wildman–Crippen LogP) is 3.67. The number of aromatic amines is 1. The standard InChI is InChI=1S/C20H23N5O2S/c1-13-9-16(24-19(23-13)27-15-5-3-2-4-6-15)17-11-22-20(28-17)25-18-10-14(12-26)7-8-21-18/h7-11,15,26H,2-6,12H2,1H3,(H,21,22,25). The maximum atomic E-state index is 9.25. The number of aryl methyl sites for hydroxylation is 1. The Kier molecular flexibility index (Phi) is 5.78. The van der Waals surface area contributed by atoms with E-state index in [-0.39, 0.29) is 12.7 Å². The Morgan fingerprint density at radius 3 is 2.93 bits per heavy atom. The van der Waals surface area contributed by atoms with Crippen molar-refractivity contribution in [2.45, 2.75) is 51.7 Å². The van der Waals surface area contributed by atoms with Gasteiger partial charge in [-0.3, -0.25) is 0 Å². The number of hydrogen-bond donors (Lipinski definition) is 2. The number of hydrogen-bond acceptors (Lipinski definition) is 7. The highest BCUT2D eigenvalue weighted by atomic mass is 32.1. The molecule has 0 bridgehead atoms. The van der Waals surface area contributed by atoms with E-state index in [0.717, 1.165) is 34.7 Å². The molecule has 0 aromatic carbocycles. The van der Waals surface area contributed by atoms with Crippen molar-refractivity contribution in [1.29, 1.82) is 0 Å². The lowest BCUT2D eigenvalue weighted by Crippen LogP contribution is -2.21. The molecule has 0 unspecified atom stereocenters. The Morgan fingerprint density at radius 2 is 2.11 bits per heavy atom. The van der Waals surface area contributed by atoms with Crippen LogP contribution < -0.4 is 9.54 Å². The summed E-state index contributed by atoms with van der Waals surface area (Å²) in [6.45, 7) is 1.92. The molecule has 0 saturated heterocycles. The average Bonchev–Trinajstić information content (AvgIpc) is 3.17. The number of aliphatic hydroxyl groups is 1. The fourth-order valence-corrected chi connectivity index (χ4v) is 4.04. The van der Waals surface area contributed by atoms with Crippen LogP contribution >= 0.6 is 11.3 Å². The molecule has 1 fully saturated rings. The van der Waals surface area contributed by atoms with E-state index in [2.05, 4.69) is 24.9 Å². The molecule has 2 N–H and O–H groups in total. The Hall–Kier alpha value is -2.58. The van der Waals surface area contributed by atoms with Gasteiger partial charge in [0.15, 0.2) is 10.6 Å². The van der Waals surface area contributed by atoms with Crippen molar-refractivity contribution in [3.05, 3.63) is 46.7 Å². The molecule has 28 heavy (non-hydrogen) atoms. The lowest BCUT2D eigenvalue weighted by Gasteiger charge is -2.21. The van der Waals surface area contributed by atoms with E-state index >= 15 is 0 Å². The average molecular weight is 398 g/mol. The minimum Gasteiger partial charge on any atom is -0.460 e. The van der Waals surface area contributed by atoms with Crippen molar-refractivity contribution in [3.63, 3.8) is 0 Å². The lowest BCUT2D eigenvalue weighted by molar-refractivity contribution is 0.142. The van der Waals surface area contributed by atoms with Gasteiger partial charge < -0.3 is 14.8 Å². The molecule has 1 aliphatic rings. The van der Waals surface area contributed by atoms with E-state index in [4.69, 9.17) is 4.74 Å². The van der Waals surface area contributed by atoms with Crippen LogP contribution in [-0.4, -0.2) is 31.1 Å². The summed E-state index contributed by atoms with van der Waals surface area (Å²) in [6, 6.07) is 5.92. The third kappa shape index (κ3) is 4.63. The first-order valence-electron chi connectivity index (χ1n) is 9.51. The lowest BCUT2D eigenvalue weighted by atomic mass is 9.98. The van der Waals surface area contributed by atoms with Crippen LogP contribution in [0.4, 0.5) is 5.82 Å². The number of aliphatic hydroxyl groups excluding tert-OH is 1. The van der Waals surface area contributed by atoms with Crippen molar-refractivity contribution in [2.75, 3.05) is 0 Å². The van der Waals surface area contributed by atoms with Gasteiger partial charge in [0.1, 0.15) is 6.10 Å². The molecule has 3 aromatic heterocycles. The van der Waals surface area contributed by atoms with Crippen LogP contribution in [0.2, 0.25) is 0 Å². The molecule has 1 aliphatic carbocycles. The highest BCUT2D eigenvalue weighted by Gasteiger charge is 2.17. The molecule has 3 aromatic rings. The summed E-state index contributed by atoms with van der Waals surface area (Å²) >= 11 is 1.49. The topological polar surface area (TPSA) is 96.3 Å². The fourth-order valence-electron chi connectivity index (χ4n) is 3.25. The van der Waals surface area contributed by atoms with Crippen molar-refractivity contribution in [3.8, 4) is 16.6 Å². The highest BCUT2D eigenvalue weighted by molar-refractivity contribution is 7.12. The molecule has 3 heterocycles. The van der Waals surface area contributed by atoms with Crippen molar-refractivity contribution >= 4 is 17.2 Å². The van der Waals surface area contributed by atoms with E-state index in [1.807, 2.05) is 19.2 Å². The summed E-state index contributed by atoms with van der Waals surface area (Å²) < 4.78 is 6.04. The number of nitrogens with one attached hydrogen (secondary N) is 1. The van der Waals surface area contributed by atoms with E-state index in [1.54, 1.807) is 18.3 Å². The first-order chi connectivity index (χ1) is 13.7. The third-order valence-electron chi connectivity index (χ3n) is 4.65. The van der Waals surface area contributed by atoms with Gasteiger partial charge in [-0.2, -0.15) is 4.98 Å². The number of aromatic nitrogens is 4. The SMILES string of the molecule is Cc1cc(-c2c[nH]/c(=N/c3cc(CO)ccn3)s2)nc(OC2CCCCC2)n1. The van der Waals surface area contributed by atoms with Crippen LogP contribution in [0.25, 0.3) is 10.6 Å². The second-order valence-electron chi connectivity index (χ2n) is 6.91. The van der Waals surface area contributed by atoms with Gasteiger partial charge in [0.25, 0.3) is 0 Å². The van der Waals surface area contributed by atoms with Gasteiger partial charge in [0.05, 0.1) is 17.2 Å². The van der Waals surface area contributed by atoms with E-state index in [9.17, 15) is 5.11 Å². The number of ether oxygens (including phenoxy) is 1. The molecular weight excluding hydrogens is 374 g/mol. The van der Waals surface area contributed by atoms with Crippen molar-refractivity contribution in [2.24, 2.45) is 4.99 Å². The monoisotopic (exact) mass is 397 g/mol. The van der Waals surface area contributed by atoms with Gasteiger partial charge in [-0.05, 0) is 56.4 Å². The molecule has 8 heteroatoms. The van der Waals surface area contributed by atoms with Gasteiger partial charge in [-0.15, -0.1) is 0 Å². The molecule has 7 nitrogen and oxygen atoms in total. The molecule has 0 aliphatic heterocycles. The normalized spacial score (nSPS) is 15.7. The summed E-state index contributed by atoms with van der Waals surface area (Å²) in [4.78, 5) is 22.6. The third-order valence-corrected chi connectivity index (χ3v) is 5.60. The summed E-state index contributed by atoms with van der Waals surface area (Å²) in [5.41, 5.74) is 2.47. The van der Waals surface area contributed by atoms with Crippen LogP contribution in [0.3, 0.4) is 0 Å². The van der Waals surface area contributed by atoms with Gasteiger partial charge in [-0.25, -0.2) is 15.0 Å². The molecule has 0 radical (unpaired) electrons. The summed E-state index contributed by atoms with van der Waals surface area (Å²) in [6.07, 6.45) is 9.58. The Balaban J connectivity index is 1.58. The maximum absolute atomic E-state index is 9.25. The van der Waals surface area contributed by atoms with Gasteiger partial charge in [-0.1, -0.05) is 17.8 Å². The van der Waals surface area contributed by atoms with Crippen molar-refractivity contribution in [1.82, 2.24) is 19.9 Å². The smallest absolute Gasteiger partial charge is 0.317 e. The summed E-state index contributed by atoms with van der Waals surface area (Å²) in [5, 5.41) is 9.25. The first-order valence-corrected chi connectivity index (χ1v) is 10.3. The largest absolute Gasteiger partial charge is 0.460 e. The molecule has 1 saturated carbocycles. The van der Waals surface area contributed by atoms with Crippen molar-refractivity contribution < 1.29 is 9.84 Å². The Labute approximate surface area is 167 Å². The second kappa shape index (κ2) is 8.62.